The summed E-state index contributed by atoms with van der Waals surface area (Å²) in [6, 6.07) is 4.63. The number of rotatable bonds is 8. The summed E-state index contributed by atoms with van der Waals surface area (Å²) in [5, 5.41) is 9.39. The van der Waals surface area contributed by atoms with Gasteiger partial charge < -0.3 is 5.11 Å². The molecular weight excluding hydrogens is 420 g/mol. The molecule has 184 valence electrons. The van der Waals surface area contributed by atoms with E-state index in [1.54, 1.807) is 6.07 Å². The first kappa shape index (κ1) is 24.6. The first-order valence-corrected chi connectivity index (χ1v) is 13.4. The summed E-state index contributed by atoms with van der Waals surface area (Å²) >= 11 is 0. The second kappa shape index (κ2) is 11.8. The van der Waals surface area contributed by atoms with Crippen LogP contribution < -0.4 is 0 Å². The van der Waals surface area contributed by atoms with Crippen LogP contribution in [0.25, 0.3) is 0 Å². The molecule has 0 aromatic heterocycles. The van der Waals surface area contributed by atoms with Crippen LogP contribution in [0.2, 0.25) is 0 Å². The number of hydrogen-bond acceptors (Lipinski definition) is 2. The summed E-state index contributed by atoms with van der Waals surface area (Å²) < 4.78 is 28.0. The van der Waals surface area contributed by atoms with Gasteiger partial charge in [-0.05, 0) is 86.3 Å². The molecule has 0 saturated heterocycles. The quantitative estimate of drug-likeness (QED) is 0.447. The van der Waals surface area contributed by atoms with Gasteiger partial charge in [0.15, 0.2) is 11.6 Å². The molecule has 5 heteroatoms. The minimum atomic E-state index is -0.811. The molecule has 0 bridgehead atoms. The van der Waals surface area contributed by atoms with Gasteiger partial charge in [0.05, 0.1) is 0 Å². The van der Waals surface area contributed by atoms with Crippen LogP contribution in [0.1, 0.15) is 101 Å². The largest absolute Gasteiger partial charge is 0.481 e. The first-order valence-electron chi connectivity index (χ1n) is 13.4. The Morgan fingerprint density at radius 1 is 0.818 bits per heavy atom. The second-order valence-electron chi connectivity index (χ2n) is 11.1. The monoisotopic (exact) mass is 461 g/mol. The molecule has 0 amide bonds. The van der Waals surface area contributed by atoms with Crippen LogP contribution in [0.15, 0.2) is 18.2 Å². The van der Waals surface area contributed by atoms with Gasteiger partial charge in [0, 0.05) is 25.6 Å². The van der Waals surface area contributed by atoms with Crippen LogP contribution in [0.5, 0.6) is 0 Å². The van der Waals surface area contributed by atoms with Crippen molar-refractivity contribution in [2.24, 2.45) is 17.8 Å². The molecule has 3 fully saturated rings. The number of halogens is 2. The van der Waals surface area contributed by atoms with Crippen molar-refractivity contribution in [3.63, 3.8) is 0 Å². The average molecular weight is 462 g/mol. The van der Waals surface area contributed by atoms with Gasteiger partial charge in [-0.25, -0.2) is 8.78 Å². The smallest absolute Gasteiger partial charge is 0.303 e. The zero-order valence-corrected chi connectivity index (χ0v) is 20.0. The van der Waals surface area contributed by atoms with Crippen molar-refractivity contribution >= 4 is 5.97 Å². The maximum atomic E-state index is 14.2. The molecule has 1 N–H and O–H groups in total. The minimum absolute atomic E-state index is 0.0605. The zero-order chi connectivity index (χ0) is 23.2. The number of carboxylic acid groups (broad SMARTS) is 1. The lowest BCUT2D eigenvalue weighted by Crippen LogP contribution is -2.47. The molecule has 0 unspecified atom stereocenters. The second-order valence-corrected chi connectivity index (χ2v) is 11.1. The van der Waals surface area contributed by atoms with Crippen molar-refractivity contribution in [2.45, 2.75) is 102 Å². The number of carboxylic acids is 1. The molecule has 0 spiro atoms. The lowest BCUT2D eigenvalue weighted by Gasteiger charge is -2.45. The van der Waals surface area contributed by atoms with Crippen molar-refractivity contribution < 1.29 is 18.7 Å². The highest BCUT2D eigenvalue weighted by Crippen LogP contribution is 2.42. The third kappa shape index (κ3) is 6.77. The van der Waals surface area contributed by atoms with Crippen molar-refractivity contribution in [1.29, 1.82) is 0 Å². The van der Waals surface area contributed by atoms with Gasteiger partial charge in [-0.15, -0.1) is 0 Å². The summed E-state index contributed by atoms with van der Waals surface area (Å²) in [5.41, 5.74) is 0.839. The van der Waals surface area contributed by atoms with Gasteiger partial charge in [-0.3, -0.25) is 9.69 Å². The molecule has 1 aromatic carbocycles. The van der Waals surface area contributed by atoms with E-state index >= 15 is 0 Å². The molecule has 3 aliphatic carbocycles. The molecule has 3 aliphatic rings. The van der Waals surface area contributed by atoms with Gasteiger partial charge in [0.1, 0.15) is 0 Å². The molecule has 4 rings (SSSR count). The number of benzene rings is 1. The maximum absolute atomic E-state index is 14.2. The van der Waals surface area contributed by atoms with E-state index in [4.69, 9.17) is 0 Å². The lowest BCUT2D eigenvalue weighted by molar-refractivity contribution is -0.138. The van der Waals surface area contributed by atoms with Gasteiger partial charge >= 0.3 is 5.97 Å². The Hall–Kier alpha value is -1.49. The lowest BCUT2D eigenvalue weighted by atomic mass is 9.72. The van der Waals surface area contributed by atoms with E-state index in [9.17, 15) is 18.7 Å². The van der Waals surface area contributed by atoms with E-state index < -0.39 is 17.6 Å². The molecule has 3 saturated carbocycles. The van der Waals surface area contributed by atoms with Crippen LogP contribution in [0.3, 0.4) is 0 Å². The van der Waals surface area contributed by atoms with Crippen molar-refractivity contribution in [1.82, 2.24) is 4.90 Å². The Morgan fingerprint density at radius 2 is 1.42 bits per heavy atom. The molecular formula is C28H41F2NO2. The van der Waals surface area contributed by atoms with E-state index in [0.29, 0.717) is 0 Å². The number of aliphatic carboxylic acids is 1. The van der Waals surface area contributed by atoms with Gasteiger partial charge in [-0.1, -0.05) is 44.6 Å². The Labute approximate surface area is 197 Å². The predicted molar refractivity (Wildman–Crippen MR) is 127 cm³/mol. The molecule has 3 nitrogen and oxygen atoms in total. The predicted octanol–water partition coefficient (Wildman–Crippen LogP) is 7.15. The summed E-state index contributed by atoms with van der Waals surface area (Å²) in [4.78, 5) is 14.1. The number of hydrogen-bond donors (Lipinski definition) is 1. The number of carbonyl (C=O) groups is 1. The first-order chi connectivity index (χ1) is 16.0. The molecule has 0 aliphatic heterocycles. The third-order valence-corrected chi connectivity index (χ3v) is 8.66. The summed E-state index contributed by atoms with van der Waals surface area (Å²) in [6.07, 6.45) is 15.9. The zero-order valence-electron chi connectivity index (χ0n) is 20.0. The summed E-state index contributed by atoms with van der Waals surface area (Å²) in [7, 11) is 0. The van der Waals surface area contributed by atoms with Gasteiger partial charge in [-0.2, -0.15) is 0 Å². The summed E-state index contributed by atoms with van der Waals surface area (Å²) in [5.74, 6) is -0.751. The fraction of sp³-hybridized carbons (Fsp3) is 0.750. The van der Waals surface area contributed by atoms with Crippen molar-refractivity contribution in [2.75, 3.05) is 13.1 Å². The van der Waals surface area contributed by atoms with Crippen LogP contribution in [0, 0.1) is 29.4 Å². The third-order valence-electron chi connectivity index (χ3n) is 8.66. The van der Waals surface area contributed by atoms with Crippen LogP contribution in [-0.4, -0.2) is 35.1 Å². The van der Waals surface area contributed by atoms with Crippen LogP contribution in [0.4, 0.5) is 8.78 Å². The van der Waals surface area contributed by atoms with E-state index in [1.807, 2.05) is 0 Å². The Morgan fingerprint density at radius 3 is 1.97 bits per heavy atom. The fourth-order valence-corrected chi connectivity index (χ4v) is 6.96. The van der Waals surface area contributed by atoms with E-state index in [2.05, 4.69) is 4.90 Å². The van der Waals surface area contributed by atoms with Crippen LogP contribution in [-0.2, 0) is 4.79 Å². The van der Waals surface area contributed by atoms with Crippen molar-refractivity contribution in [3.05, 3.63) is 35.4 Å². The van der Waals surface area contributed by atoms with Gasteiger partial charge in [0.2, 0.25) is 0 Å². The molecule has 3 atom stereocenters. The van der Waals surface area contributed by atoms with Crippen LogP contribution >= 0.6 is 0 Å². The standard InChI is InChI=1S/C28H41F2NO2/c29-25-13-12-23(17-26(25)30)24-15-22(16-28(32)33)11-14-27(24)31(18-20-7-3-1-4-8-20)19-21-9-5-2-6-10-21/h12-13,17,20-22,24,27H,1-11,14-16,18-19H2,(H,32,33)/t22-,24+,27-/m1/s1. The Kier molecular flexibility index (Phi) is 8.78. The summed E-state index contributed by atoms with van der Waals surface area (Å²) in [6.45, 7) is 2.20. The van der Waals surface area contributed by atoms with E-state index in [-0.39, 0.29) is 24.3 Å². The number of nitrogens with zero attached hydrogens (tertiary/aromatic N) is 1. The average Bonchev–Trinajstić information content (AvgIpc) is 2.81. The topological polar surface area (TPSA) is 40.5 Å². The normalized spacial score (nSPS) is 27.7. The fourth-order valence-electron chi connectivity index (χ4n) is 6.96. The molecule has 33 heavy (non-hydrogen) atoms. The SMILES string of the molecule is O=C(O)C[C@@H]1CC[C@@H](N(CC2CCCCC2)CC2CCCCC2)[C@H](c2ccc(F)c(F)c2)C1. The molecule has 0 heterocycles. The highest BCUT2D eigenvalue weighted by atomic mass is 19.2. The highest BCUT2D eigenvalue weighted by molar-refractivity contribution is 5.67. The van der Waals surface area contributed by atoms with E-state index in [1.165, 1.54) is 76.3 Å². The van der Waals surface area contributed by atoms with Gasteiger partial charge in [0.25, 0.3) is 0 Å². The minimum Gasteiger partial charge on any atom is -0.481 e. The van der Waals surface area contributed by atoms with E-state index in [0.717, 1.165) is 49.8 Å². The Balaban J connectivity index is 1.58. The molecule has 1 aromatic rings. The highest BCUT2D eigenvalue weighted by Gasteiger charge is 2.38. The maximum Gasteiger partial charge on any atom is 0.303 e. The Bertz CT molecular complexity index is 753. The van der Waals surface area contributed by atoms with Crippen molar-refractivity contribution in [3.8, 4) is 0 Å². The molecule has 0 radical (unpaired) electrons.